The molecule has 0 bridgehead atoms. The number of hydrogen-bond donors (Lipinski definition) is 1. The van der Waals surface area contributed by atoms with Gasteiger partial charge >= 0.3 is 0 Å². The highest BCUT2D eigenvalue weighted by Gasteiger charge is 2.35. The number of rotatable bonds is 3. The molecule has 1 unspecified atom stereocenters. The highest BCUT2D eigenvalue weighted by Crippen LogP contribution is 2.25. The standard InChI is InChI=1S/C11H15FN2O/c1-11(10(13)15,14(2)3)8-4-6-9(12)7-5-8/h4-7H,1-3H3,(H2,13,15). The van der Waals surface area contributed by atoms with Gasteiger partial charge < -0.3 is 5.73 Å². The maximum atomic E-state index is 12.7. The minimum Gasteiger partial charge on any atom is -0.368 e. The Kier molecular flexibility index (Phi) is 3.09. The molecule has 0 aliphatic carbocycles. The van der Waals surface area contributed by atoms with Gasteiger partial charge in [0, 0.05) is 0 Å². The van der Waals surface area contributed by atoms with Crippen LogP contribution in [0.3, 0.4) is 0 Å². The Bertz CT molecular complexity index is 361. The molecule has 1 aromatic carbocycles. The van der Waals surface area contributed by atoms with Crippen molar-refractivity contribution >= 4 is 5.91 Å². The number of likely N-dealkylation sites (N-methyl/N-ethyl adjacent to an activating group) is 1. The number of primary amides is 1. The van der Waals surface area contributed by atoms with E-state index in [2.05, 4.69) is 0 Å². The lowest BCUT2D eigenvalue weighted by atomic mass is 9.90. The van der Waals surface area contributed by atoms with E-state index >= 15 is 0 Å². The summed E-state index contributed by atoms with van der Waals surface area (Å²) in [6.45, 7) is 1.71. The number of carbonyl (C=O) groups excluding carboxylic acids is 1. The topological polar surface area (TPSA) is 46.3 Å². The van der Waals surface area contributed by atoms with E-state index in [1.165, 1.54) is 12.1 Å². The third-order valence-corrected chi connectivity index (χ3v) is 2.78. The molecule has 1 atom stereocenters. The fourth-order valence-corrected chi connectivity index (χ4v) is 1.40. The van der Waals surface area contributed by atoms with Crippen LogP contribution < -0.4 is 5.73 Å². The molecular weight excluding hydrogens is 195 g/mol. The Morgan fingerprint density at radius 2 is 1.80 bits per heavy atom. The molecule has 15 heavy (non-hydrogen) atoms. The van der Waals surface area contributed by atoms with Gasteiger partial charge in [0.15, 0.2) is 0 Å². The van der Waals surface area contributed by atoms with Gasteiger partial charge in [-0.05, 0) is 38.7 Å². The number of halogens is 1. The van der Waals surface area contributed by atoms with Gasteiger partial charge in [-0.1, -0.05) is 12.1 Å². The summed E-state index contributed by atoms with van der Waals surface area (Å²) in [6.07, 6.45) is 0. The van der Waals surface area contributed by atoms with E-state index in [9.17, 15) is 9.18 Å². The van der Waals surface area contributed by atoms with Gasteiger partial charge in [0.1, 0.15) is 11.4 Å². The summed E-state index contributed by atoms with van der Waals surface area (Å²) in [5.41, 5.74) is 5.14. The first-order valence-electron chi connectivity index (χ1n) is 4.62. The fourth-order valence-electron chi connectivity index (χ4n) is 1.40. The number of nitrogens with two attached hydrogens (primary N) is 1. The predicted octanol–water partition coefficient (Wildman–Crippen LogP) is 1.09. The second-order valence-electron chi connectivity index (χ2n) is 3.84. The zero-order valence-electron chi connectivity index (χ0n) is 9.12. The van der Waals surface area contributed by atoms with Crippen molar-refractivity contribution in [3.05, 3.63) is 35.6 Å². The van der Waals surface area contributed by atoms with Crippen molar-refractivity contribution in [1.29, 1.82) is 0 Å². The van der Waals surface area contributed by atoms with Crippen LogP contribution in [0.1, 0.15) is 12.5 Å². The van der Waals surface area contributed by atoms with Crippen molar-refractivity contribution in [3.63, 3.8) is 0 Å². The largest absolute Gasteiger partial charge is 0.368 e. The Balaban J connectivity index is 3.22. The Morgan fingerprint density at radius 1 is 1.33 bits per heavy atom. The summed E-state index contributed by atoms with van der Waals surface area (Å²) in [6, 6.07) is 5.78. The number of amides is 1. The second-order valence-corrected chi connectivity index (χ2v) is 3.84. The first-order chi connectivity index (χ1) is 6.89. The van der Waals surface area contributed by atoms with E-state index in [0.717, 1.165) is 0 Å². The highest BCUT2D eigenvalue weighted by atomic mass is 19.1. The summed E-state index contributed by atoms with van der Waals surface area (Å²) in [4.78, 5) is 13.1. The summed E-state index contributed by atoms with van der Waals surface area (Å²) in [5, 5.41) is 0. The molecule has 3 nitrogen and oxygen atoms in total. The van der Waals surface area contributed by atoms with E-state index in [-0.39, 0.29) is 5.82 Å². The van der Waals surface area contributed by atoms with Crippen LogP contribution in [0, 0.1) is 5.82 Å². The minimum absolute atomic E-state index is 0.329. The average Bonchev–Trinajstić information content (AvgIpc) is 2.17. The predicted molar refractivity (Wildman–Crippen MR) is 56.6 cm³/mol. The molecule has 0 aromatic heterocycles. The molecule has 2 N–H and O–H groups in total. The summed E-state index contributed by atoms with van der Waals surface area (Å²) in [7, 11) is 3.52. The molecule has 0 radical (unpaired) electrons. The third kappa shape index (κ3) is 1.99. The van der Waals surface area contributed by atoms with Gasteiger partial charge in [0.25, 0.3) is 0 Å². The van der Waals surface area contributed by atoms with Crippen LogP contribution in [0.5, 0.6) is 0 Å². The SMILES string of the molecule is CN(C)C(C)(C(N)=O)c1ccc(F)cc1. The molecule has 0 aliphatic heterocycles. The molecule has 1 amide bonds. The van der Waals surface area contributed by atoms with Crippen LogP contribution in [-0.2, 0) is 10.3 Å². The van der Waals surface area contributed by atoms with Crippen LogP contribution in [0.15, 0.2) is 24.3 Å². The van der Waals surface area contributed by atoms with Gasteiger partial charge in [0.05, 0.1) is 0 Å². The monoisotopic (exact) mass is 210 g/mol. The Labute approximate surface area is 88.7 Å². The number of nitrogens with zero attached hydrogens (tertiary/aromatic N) is 1. The quantitative estimate of drug-likeness (QED) is 0.811. The van der Waals surface area contributed by atoms with Crippen molar-refractivity contribution in [2.24, 2.45) is 5.73 Å². The molecule has 1 aromatic rings. The van der Waals surface area contributed by atoms with E-state index in [1.54, 1.807) is 38.1 Å². The molecule has 0 fully saturated rings. The molecule has 0 saturated carbocycles. The van der Waals surface area contributed by atoms with E-state index in [4.69, 9.17) is 5.73 Å². The summed E-state index contributed by atoms with van der Waals surface area (Å²) >= 11 is 0. The number of carbonyl (C=O) groups is 1. The smallest absolute Gasteiger partial charge is 0.242 e. The molecule has 0 aliphatic rings. The first-order valence-corrected chi connectivity index (χ1v) is 4.62. The third-order valence-electron chi connectivity index (χ3n) is 2.78. The van der Waals surface area contributed by atoms with Gasteiger partial charge in [0.2, 0.25) is 5.91 Å². The van der Waals surface area contributed by atoms with Gasteiger partial charge in [-0.25, -0.2) is 4.39 Å². The van der Waals surface area contributed by atoms with E-state index in [1.807, 2.05) is 0 Å². The zero-order chi connectivity index (χ0) is 11.6. The van der Waals surface area contributed by atoms with Gasteiger partial charge in [-0.2, -0.15) is 0 Å². The van der Waals surface area contributed by atoms with Gasteiger partial charge in [-0.3, -0.25) is 9.69 Å². The Morgan fingerprint density at radius 3 is 2.13 bits per heavy atom. The molecule has 0 spiro atoms. The maximum absolute atomic E-state index is 12.7. The van der Waals surface area contributed by atoms with Gasteiger partial charge in [-0.15, -0.1) is 0 Å². The van der Waals surface area contributed by atoms with Crippen LogP contribution in [0.4, 0.5) is 4.39 Å². The van der Waals surface area contributed by atoms with E-state index in [0.29, 0.717) is 5.56 Å². The van der Waals surface area contributed by atoms with Crippen LogP contribution in [0.2, 0.25) is 0 Å². The summed E-state index contributed by atoms with van der Waals surface area (Å²) in [5.74, 6) is -0.788. The van der Waals surface area contributed by atoms with Crippen molar-refractivity contribution in [2.75, 3.05) is 14.1 Å². The lowest BCUT2D eigenvalue weighted by Crippen LogP contribution is -2.49. The molecule has 4 heteroatoms. The van der Waals surface area contributed by atoms with Crippen molar-refractivity contribution in [1.82, 2.24) is 4.90 Å². The molecule has 0 saturated heterocycles. The average molecular weight is 210 g/mol. The number of hydrogen-bond acceptors (Lipinski definition) is 2. The summed E-state index contributed by atoms with van der Waals surface area (Å²) < 4.78 is 12.7. The maximum Gasteiger partial charge on any atom is 0.242 e. The number of benzene rings is 1. The molecule has 1 rings (SSSR count). The van der Waals surface area contributed by atoms with E-state index < -0.39 is 11.4 Å². The van der Waals surface area contributed by atoms with Crippen LogP contribution >= 0.6 is 0 Å². The van der Waals surface area contributed by atoms with Crippen molar-refractivity contribution in [2.45, 2.75) is 12.5 Å². The molecular formula is C11H15FN2O. The zero-order valence-corrected chi connectivity index (χ0v) is 9.12. The van der Waals surface area contributed by atoms with Crippen LogP contribution in [-0.4, -0.2) is 24.9 Å². The molecule has 82 valence electrons. The lowest BCUT2D eigenvalue weighted by molar-refractivity contribution is -0.128. The minimum atomic E-state index is -0.909. The lowest BCUT2D eigenvalue weighted by Gasteiger charge is -2.33. The normalized spacial score (nSPS) is 15.0. The first kappa shape index (κ1) is 11.7. The highest BCUT2D eigenvalue weighted by molar-refractivity contribution is 5.85. The Hall–Kier alpha value is -1.42. The van der Waals surface area contributed by atoms with Crippen LogP contribution in [0.25, 0.3) is 0 Å². The second kappa shape index (κ2) is 3.98. The van der Waals surface area contributed by atoms with Crippen molar-refractivity contribution in [3.8, 4) is 0 Å². The molecule has 0 heterocycles. The fraction of sp³-hybridized carbons (Fsp3) is 0.364. The van der Waals surface area contributed by atoms with Crippen molar-refractivity contribution < 1.29 is 9.18 Å².